The average molecular weight is 473 g/mol. The largest absolute Gasteiger partial charge is 0.396 e. The monoisotopic (exact) mass is 472 g/mol. The van der Waals surface area contributed by atoms with E-state index >= 15 is 0 Å². The Kier molecular flexibility index (Phi) is 14.7. The maximum Gasteiger partial charge on any atom is 0.0893 e. The minimum absolute atomic E-state index is 0.0710. The molecule has 0 aromatic rings. The second kappa shape index (κ2) is 15.7. The molecule has 9 unspecified atom stereocenters. The van der Waals surface area contributed by atoms with Crippen molar-refractivity contribution >= 4 is 0 Å². The van der Waals surface area contributed by atoms with Gasteiger partial charge in [0.1, 0.15) is 0 Å². The van der Waals surface area contributed by atoms with Crippen molar-refractivity contribution in [3.63, 3.8) is 0 Å². The second-order valence-corrected chi connectivity index (χ2v) is 11.8. The lowest BCUT2D eigenvalue weighted by atomic mass is 9.85. The molecule has 33 heavy (non-hydrogen) atoms. The van der Waals surface area contributed by atoms with Crippen molar-refractivity contribution in [2.24, 2.45) is 23.7 Å². The highest BCUT2D eigenvalue weighted by Gasteiger charge is 2.47. The van der Waals surface area contributed by atoms with Crippen molar-refractivity contribution in [2.75, 3.05) is 6.61 Å². The maximum atomic E-state index is 10.8. The summed E-state index contributed by atoms with van der Waals surface area (Å²) in [6, 6.07) is 0. The summed E-state index contributed by atoms with van der Waals surface area (Å²) in [5.41, 5.74) is -0.692. The molecule has 1 rings (SSSR count). The van der Waals surface area contributed by atoms with Gasteiger partial charge in [0.2, 0.25) is 0 Å². The Labute approximate surface area is 204 Å². The Hall–Kier alpha value is -0.200. The number of aliphatic hydroxyl groups excluding tert-OH is 3. The second-order valence-electron chi connectivity index (χ2n) is 11.8. The van der Waals surface area contributed by atoms with Crippen LogP contribution in [0.3, 0.4) is 0 Å². The first-order chi connectivity index (χ1) is 15.5. The summed E-state index contributed by atoms with van der Waals surface area (Å²) in [6.45, 7) is 13.0. The zero-order chi connectivity index (χ0) is 25.0. The molecule has 198 valence electrons. The van der Waals surface area contributed by atoms with Gasteiger partial charge in [0.25, 0.3) is 0 Å². The maximum absolute atomic E-state index is 10.8. The van der Waals surface area contributed by atoms with Crippen LogP contribution in [-0.4, -0.2) is 57.0 Å². The summed E-state index contributed by atoms with van der Waals surface area (Å²) >= 11 is 0. The van der Waals surface area contributed by atoms with Gasteiger partial charge >= 0.3 is 0 Å². The van der Waals surface area contributed by atoms with Crippen molar-refractivity contribution in [1.29, 1.82) is 0 Å². The van der Waals surface area contributed by atoms with Gasteiger partial charge in [-0.1, -0.05) is 66.7 Å². The number of epoxide rings is 1. The van der Waals surface area contributed by atoms with E-state index in [0.717, 1.165) is 44.4 Å². The van der Waals surface area contributed by atoms with E-state index in [1.165, 1.54) is 25.7 Å². The van der Waals surface area contributed by atoms with Crippen LogP contribution in [0.25, 0.3) is 0 Å². The van der Waals surface area contributed by atoms with E-state index in [0.29, 0.717) is 24.7 Å². The van der Waals surface area contributed by atoms with Gasteiger partial charge in [0.05, 0.1) is 30.0 Å². The third-order valence-electron chi connectivity index (χ3n) is 7.87. The van der Waals surface area contributed by atoms with Gasteiger partial charge < -0.3 is 25.2 Å². The van der Waals surface area contributed by atoms with Gasteiger partial charge in [-0.15, -0.1) is 0 Å². The van der Waals surface area contributed by atoms with Crippen molar-refractivity contribution in [1.82, 2.24) is 0 Å². The summed E-state index contributed by atoms with van der Waals surface area (Å²) in [7, 11) is 0. The Morgan fingerprint density at radius 2 is 1.45 bits per heavy atom. The zero-order valence-electron chi connectivity index (χ0n) is 22.5. The fourth-order valence-corrected chi connectivity index (χ4v) is 5.39. The first-order valence-corrected chi connectivity index (χ1v) is 13.8. The van der Waals surface area contributed by atoms with Gasteiger partial charge in [-0.3, -0.25) is 0 Å². The lowest BCUT2D eigenvalue weighted by Gasteiger charge is -2.24. The number of hydrogen-bond acceptors (Lipinski definition) is 5. The van der Waals surface area contributed by atoms with Crippen molar-refractivity contribution in [2.45, 2.75) is 149 Å². The van der Waals surface area contributed by atoms with Crippen LogP contribution in [0.1, 0.15) is 119 Å². The molecule has 0 aromatic carbocycles. The van der Waals surface area contributed by atoms with E-state index in [-0.39, 0.29) is 36.9 Å². The van der Waals surface area contributed by atoms with Gasteiger partial charge in [0, 0.05) is 18.9 Å². The van der Waals surface area contributed by atoms with Crippen LogP contribution >= 0.6 is 0 Å². The molecule has 1 fully saturated rings. The van der Waals surface area contributed by atoms with Crippen LogP contribution < -0.4 is 0 Å². The molecule has 0 spiro atoms. The SMILES string of the molecule is CCC(O)C(C)C1OC1CC(C)(O)CCCC(C)CC(C)CCCC(C)CCC(O)CCO. The van der Waals surface area contributed by atoms with Crippen molar-refractivity contribution in [3.05, 3.63) is 0 Å². The fraction of sp³-hybridized carbons (Fsp3) is 1.00. The first-order valence-electron chi connectivity index (χ1n) is 13.8. The summed E-state index contributed by atoms with van der Waals surface area (Å²) in [6.07, 6.45) is 11.2. The quantitative estimate of drug-likeness (QED) is 0.176. The molecule has 5 nitrogen and oxygen atoms in total. The van der Waals surface area contributed by atoms with Crippen LogP contribution in [0.5, 0.6) is 0 Å². The van der Waals surface area contributed by atoms with E-state index in [1.807, 2.05) is 20.8 Å². The summed E-state index contributed by atoms with van der Waals surface area (Å²) in [5.74, 6) is 2.16. The molecule has 5 heteroatoms. The fourth-order valence-electron chi connectivity index (χ4n) is 5.39. The molecular weight excluding hydrogens is 416 g/mol. The molecule has 1 saturated heterocycles. The predicted molar refractivity (Wildman–Crippen MR) is 136 cm³/mol. The third-order valence-corrected chi connectivity index (χ3v) is 7.87. The number of hydrogen-bond donors (Lipinski definition) is 4. The summed E-state index contributed by atoms with van der Waals surface area (Å²) in [4.78, 5) is 0. The molecular formula is C28H56O5. The lowest BCUT2D eigenvalue weighted by molar-refractivity contribution is 0.0309. The summed E-state index contributed by atoms with van der Waals surface area (Å²) in [5, 5.41) is 39.5. The molecule has 1 heterocycles. The Bertz CT molecular complexity index is 497. The van der Waals surface area contributed by atoms with E-state index in [4.69, 9.17) is 9.84 Å². The van der Waals surface area contributed by atoms with Crippen LogP contribution in [0.4, 0.5) is 0 Å². The minimum Gasteiger partial charge on any atom is -0.396 e. The highest BCUT2D eigenvalue weighted by atomic mass is 16.6. The van der Waals surface area contributed by atoms with Gasteiger partial charge in [0.15, 0.2) is 0 Å². The molecule has 4 N–H and O–H groups in total. The van der Waals surface area contributed by atoms with E-state index in [1.54, 1.807) is 0 Å². The molecule has 0 aliphatic carbocycles. The zero-order valence-corrected chi connectivity index (χ0v) is 22.5. The van der Waals surface area contributed by atoms with Crippen LogP contribution in [0, 0.1) is 23.7 Å². The summed E-state index contributed by atoms with van der Waals surface area (Å²) < 4.78 is 5.77. The first kappa shape index (κ1) is 30.8. The Morgan fingerprint density at radius 3 is 2.06 bits per heavy atom. The molecule has 0 aromatic heterocycles. The van der Waals surface area contributed by atoms with Crippen molar-refractivity contribution in [3.8, 4) is 0 Å². The van der Waals surface area contributed by atoms with Crippen molar-refractivity contribution < 1.29 is 25.2 Å². The highest BCUT2D eigenvalue weighted by molar-refractivity contribution is 4.95. The molecule has 1 aliphatic rings. The number of ether oxygens (including phenoxy) is 1. The number of aliphatic hydroxyl groups is 4. The average Bonchev–Trinajstić information content (AvgIpc) is 3.49. The molecule has 0 amide bonds. The minimum atomic E-state index is -0.692. The standard InChI is InChI=1S/C28H56O5/c1-7-25(31)23(5)27-26(33-27)19-28(6,32)16-9-12-22(4)18-21(3)11-8-10-20(2)13-14-24(30)15-17-29/h20-27,29-32H,7-19H2,1-6H3. The van der Waals surface area contributed by atoms with E-state index in [2.05, 4.69) is 20.8 Å². The molecule has 0 radical (unpaired) electrons. The lowest BCUT2D eigenvalue weighted by Crippen LogP contribution is -2.29. The van der Waals surface area contributed by atoms with Crippen LogP contribution in [0.15, 0.2) is 0 Å². The van der Waals surface area contributed by atoms with E-state index < -0.39 is 5.60 Å². The third kappa shape index (κ3) is 13.5. The molecule has 0 bridgehead atoms. The predicted octanol–water partition coefficient (Wildman–Crippen LogP) is 5.46. The Balaban J connectivity index is 2.14. The molecule has 9 atom stereocenters. The highest BCUT2D eigenvalue weighted by Crippen LogP contribution is 2.38. The smallest absolute Gasteiger partial charge is 0.0893 e. The van der Waals surface area contributed by atoms with Gasteiger partial charge in [-0.25, -0.2) is 0 Å². The number of rotatable bonds is 20. The normalized spacial score (nSPS) is 25.6. The molecule has 1 aliphatic heterocycles. The topological polar surface area (TPSA) is 93.5 Å². The van der Waals surface area contributed by atoms with E-state index in [9.17, 15) is 15.3 Å². The Morgan fingerprint density at radius 1 is 0.848 bits per heavy atom. The molecule has 0 saturated carbocycles. The van der Waals surface area contributed by atoms with Gasteiger partial charge in [-0.2, -0.15) is 0 Å². The van der Waals surface area contributed by atoms with Gasteiger partial charge in [-0.05, 0) is 63.2 Å². The van der Waals surface area contributed by atoms with Crippen LogP contribution in [-0.2, 0) is 4.74 Å². The van der Waals surface area contributed by atoms with Crippen LogP contribution in [0.2, 0.25) is 0 Å².